The summed E-state index contributed by atoms with van der Waals surface area (Å²) in [5.74, 6) is 1.48. The van der Waals surface area contributed by atoms with E-state index in [1.165, 1.54) is 11.8 Å². The molecule has 2 aromatic heterocycles. The summed E-state index contributed by atoms with van der Waals surface area (Å²) < 4.78 is 0. The number of hydrogen-bond donors (Lipinski definition) is 2. The van der Waals surface area contributed by atoms with Crippen LogP contribution in [0.3, 0.4) is 0 Å². The number of hydrogen-bond acceptors (Lipinski definition) is 5. The van der Waals surface area contributed by atoms with Crippen molar-refractivity contribution in [3.63, 3.8) is 0 Å². The molecule has 0 bridgehead atoms. The van der Waals surface area contributed by atoms with E-state index < -0.39 is 0 Å². The van der Waals surface area contributed by atoms with Gasteiger partial charge in [0.15, 0.2) is 0 Å². The van der Waals surface area contributed by atoms with Crippen LogP contribution in [0.25, 0.3) is 12.2 Å². The maximum atomic E-state index is 11.6. The lowest BCUT2D eigenvalue weighted by Gasteiger charge is -2.05. The zero-order valence-electron chi connectivity index (χ0n) is 12.0. The van der Waals surface area contributed by atoms with Crippen LogP contribution in [-0.2, 0) is 4.79 Å². The second-order valence-corrected chi connectivity index (χ2v) is 6.76. The van der Waals surface area contributed by atoms with Crippen molar-refractivity contribution in [1.82, 2.24) is 20.5 Å². The van der Waals surface area contributed by atoms with Gasteiger partial charge in [0.05, 0.1) is 5.75 Å². The smallest absolute Gasteiger partial charge is 0.230 e. The number of carbonyl (C=O) groups excluding carboxylic acids is 1. The summed E-state index contributed by atoms with van der Waals surface area (Å²) in [5.41, 5.74) is 0. The molecule has 0 spiro atoms. The first-order chi connectivity index (χ1) is 10.1. The maximum Gasteiger partial charge on any atom is 0.230 e. The zero-order valence-corrected chi connectivity index (χ0v) is 13.6. The second kappa shape index (κ2) is 7.99. The Bertz CT molecular complexity index is 590. The van der Waals surface area contributed by atoms with Crippen molar-refractivity contribution in [2.45, 2.75) is 19.0 Å². The van der Waals surface area contributed by atoms with Crippen molar-refractivity contribution in [2.75, 3.05) is 12.3 Å². The fraction of sp³-hybridized carbons (Fsp3) is 0.357. The minimum Gasteiger partial charge on any atom is -0.355 e. The van der Waals surface area contributed by atoms with E-state index >= 15 is 0 Å². The van der Waals surface area contributed by atoms with Gasteiger partial charge in [0.1, 0.15) is 5.82 Å². The van der Waals surface area contributed by atoms with Crippen LogP contribution in [0, 0.1) is 5.92 Å². The molecule has 2 N–H and O–H groups in total. The molecule has 21 heavy (non-hydrogen) atoms. The van der Waals surface area contributed by atoms with Crippen molar-refractivity contribution >= 4 is 41.2 Å². The molecule has 0 unspecified atom stereocenters. The molecule has 0 saturated carbocycles. The molecular formula is C14H18N4OS2. The third kappa shape index (κ3) is 5.73. The van der Waals surface area contributed by atoms with Crippen molar-refractivity contribution in [3.05, 3.63) is 28.2 Å². The molecule has 2 aromatic rings. The SMILES string of the molecule is CC(C)CNC(=O)CSc1n[nH]c(/C=C/c2cccs2)n1. The highest BCUT2D eigenvalue weighted by Crippen LogP contribution is 2.14. The number of thioether (sulfide) groups is 1. The highest BCUT2D eigenvalue weighted by molar-refractivity contribution is 7.99. The molecular weight excluding hydrogens is 304 g/mol. The fourth-order valence-corrected chi connectivity index (χ4v) is 2.70. The molecule has 0 saturated heterocycles. The van der Waals surface area contributed by atoms with E-state index in [4.69, 9.17) is 0 Å². The highest BCUT2D eigenvalue weighted by Gasteiger charge is 2.07. The van der Waals surface area contributed by atoms with E-state index in [0.717, 1.165) is 4.88 Å². The summed E-state index contributed by atoms with van der Waals surface area (Å²) in [7, 11) is 0. The zero-order chi connectivity index (χ0) is 15.1. The highest BCUT2D eigenvalue weighted by atomic mass is 32.2. The Morgan fingerprint density at radius 1 is 1.52 bits per heavy atom. The predicted octanol–water partition coefficient (Wildman–Crippen LogP) is 2.90. The van der Waals surface area contributed by atoms with Crippen molar-refractivity contribution in [2.24, 2.45) is 5.92 Å². The van der Waals surface area contributed by atoms with E-state index in [1.807, 2.05) is 29.7 Å². The quantitative estimate of drug-likeness (QED) is 0.769. The first-order valence-electron chi connectivity index (χ1n) is 6.67. The van der Waals surface area contributed by atoms with Gasteiger partial charge in [-0.1, -0.05) is 31.7 Å². The number of H-pyrrole nitrogens is 1. The van der Waals surface area contributed by atoms with Gasteiger partial charge in [-0.05, 0) is 29.5 Å². The molecule has 1 amide bonds. The van der Waals surface area contributed by atoms with Gasteiger partial charge in [-0.25, -0.2) is 4.98 Å². The van der Waals surface area contributed by atoms with Crippen molar-refractivity contribution in [3.8, 4) is 0 Å². The number of thiophene rings is 1. The summed E-state index contributed by atoms with van der Waals surface area (Å²) in [6.07, 6.45) is 3.86. The van der Waals surface area contributed by atoms with Gasteiger partial charge in [-0.2, -0.15) is 0 Å². The first kappa shape index (κ1) is 15.8. The Morgan fingerprint density at radius 2 is 2.38 bits per heavy atom. The van der Waals surface area contributed by atoms with Gasteiger partial charge < -0.3 is 5.32 Å². The van der Waals surface area contributed by atoms with Gasteiger partial charge in [-0.15, -0.1) is 16.4 Å². The molecule has 0 atom stereocenters. The normalized spacial score (nSPS) is 11.4. The summed E-state index contributed by atoms with van der Waals surface area (Å²) in [5, 5.41) is 12.4. The number of rotatable bonds is 7. The number of amides is 1. The molecule has 112 valence electrons. The van der Waals surface area contributed by atoms with Crippen LogP contribution < -0.4 is 5.32 Å². The molecule has 7 heteroatoms. The Morgan fingerprint density at radius 3 is 3.10 bits per heavy atom. The summed E-state index contributed by atoms with van der Waals surface area (Å²) >= 11 is 2.99. The summed E-state index contributed by atoms with van der Waals surface area (Å²) in [6, 6.07) is 4.04. The third-order valence-electron chi connectivity index (χ3n) is 2.47. The molecule has 0 radical (unpaired) electrons. The molecule has 0 aromatic carbocycles. The monoisotopic (exact) mass is 322 g/mol. The topological polar surface area (TPSA) is 70.7 Å². The molecule has 5 nitrogen and oxygen atoms in total. The number of aromatic nitrogens is 3. The molecule has 0 fully saturated rings. The average molecular weight is 322 g/mol. The van der Waals surface area contributed by atoms with Crippen LogP contribution in [0.2, 0.25) is 0 Å². The third-order valence-corrected chi connectivity index (χ3v) is 4.16. The molecule has 2 heterocycles. The largest absolute Gasteiger partial charge is 0.355 e. The summed E-state index contributed by atoms with van der Waals surface area (Å²) in [4.78, 5) is 17.1. The van der Waals surface area contributed by atoms with Gasteiger partial charge in [0.2, 0.25) is 11.1 Å². The Balaban J connectivity index is 1.79. The lowest BCUT2D eigenvalue weighted by Crippen LogP contribution is -2.28. The Labute approximate surface area is 132 Å². The Hall–Kier alpha value is -1.60. The maximum absolute atomic E-state index is 11.6. The number of nitrogens with zero attached hydrogens (tertiary/aromatic N) is 2. The van der Waals surface area contributed by atoms with Crippen LogP contribution in [0.15, 0.2) is 22.7 Å². The summed E-state index contributed by atoms with van der Waals surface area (Å²) in [6.45, 7) is 4.83. The average Bonchev–Trinajstić information content (AvgIpc) is 3.11. The van der Waals surface area contributed by atoms with E-state index in [1.54, 1.807) is 11.3 Å². The van der Waals surface area contributed by atoms with Crippen molar-refractivity contribution < 1.29 is 4.79 Å². The standard InChI is InChI=1S/C14H18N4OS2/c1-10(2)8-15-13(19)9-21-14-16-12(17-18-14)6-5-11-4-3-7-20-11/h3-7,10H,8-9H2,1-2H3,(H,15,19)(H,16,17,18)/b6-5+. The minimum atomic E-state index is 0.00850. The van der Waals surface area contributed by atoms with Gasteiger partial charge in [0, 0.05) is 11.4 Å². The van der Waals surface area contributed by atoms with E-state index in [-0.39, 0.29) is 5.91 Å². The molecule has 2 rings (SSSR count). The van der Waals surface area contributed by atoms with Crippen LogP contribution >= 0.6 is 23.1 Å². The van der Waals surface area contributed by atoms with Crippen LogP contribution in [0.1, 0.15) is 24.5 Å². The van der Waals surface area contributed by atoms with Gasteiger partial charge in [0.25, 0.3) is 0 Å². The van der Waals surface area contributed by atoms with Crippen LogP contribution in [0.4, 0.5) is 0 Å². The van der Waals surface area contributed by atoms with Crippen LogP contribution in [0.5, 0.6) is 0 Å². The van der Waals surface area contributed by atoms with Crippen molar-refractivity contribution in [1.29, 1.82) is 0 Å². The minimum absolute atomic E-state index is 0.00850. The lowest BCUT2D eigenvalue weighted by atomic mass is 10.2. The molecule has 0 aliphatic heterocycles. The number of carbonyl (C=O) groups is 1. The second-order valence-electron chi connectivity index (χ2n) is 4.84. The lowest BCUT2D eigenvalue weighted by molar-refractivity contribution is -0.118. The van der Waals surface area contributed by atoms with Gasteiger partial charge in [-0.3, -0.25) is 9.89 Å². The van der Waals surface area contributed by atoms with Crippen LogP contribution in [-0.4, -0.2) is 33.4 Å². The number of aromatic amines is 1. The predicted molar refractivity (Wildman–Crippen MR) is 88.2 cm³/mol. The number of nitrogens with one attached hydrogen (secondary N) is 2. The van der Waals surface area contributed by atoms with Gasteiger partial charge >= 0.3 is 0 Å². The van der Waals surface area contributed by atoms with E-state index in [9.17, 15) is 4.79 Å². The Kier molecular flexibility index (Phi) is 6.01. The van der Waals surface area contributed by atoms with E-state index in [0.29, 0.717) is 29.2 Å². The fourth-order valence-electron chi connectivity index (χ4n) is 1.44. The van der Waals surface area contributed by atoms with E-state index in [2.05, 4.69) is 34.3 Å². The molecule has 0 aliphatic rings. The first-order valence-corrected chi connectivity index (χ1v) is 8.53. The molecule has 0 aliphatic carbocycles.